The summed E-state index contributed by atoms with van der Waals surface area (Å²) in [6.45, 7) is 4.32. The number of rotatable bonds is 2. The van der Waals surface area contributed by atoms with E-state index < -0.39 is 0 Å². The molecular formula is C18H19ClN6. The molecule has 0 saturated carbocycles. The van der Waals surface area contributed by atoms with Gasteiger partial charge in [-0.2, -0.15) is 5.10 Å². The summed E-state index contributed by atoms with van der Waals surface area (Å²) in [5.74, 6) is 0.922. The van der Waals surface area contributed by atoms with Crippen molar-refractivity contribution < 1.29 is 0 Å². The molecule has 1 unspecified atom stereocenters. The number of hydrogen-bond donors (Lipinski definition) is 2. The Hall–Kier alpha value is -2.18. The van der Waals surface area contributed by atoms with Crippen LogP contribution in [0.25, 0.3) is 22.4 Å². The number of nitrogens with zero attached hydrogens (tertiary/aromatic N) is 4. The molecule has 6 nitrogen and oxygen atoms in total. The highest BCUT2D eigenvalue weighted by Crippen LogP contribution is 2.38. The average molecular weight is 355 g/mol. The average Bonchev–Trinajstić information content (AvgIpc) is 3.36. The van der Waals surface area contributed by atoms with Gasteiger partial charge >= 0.3 is 0 Å². The van der Waals surface area contributed by atoms with Gasteiger partial charge in [0.1, 0.15) is 17.0 Å². The van der Waals surface area contributed by atoms with Gasteiger partial charge in [-0.1, -0.05) is 29.8 Å². The lowest BCUT2D eigenvalue weighted by molar-refractivity contribution is 0.369. The molecule has 7 heteroatoms. The van der Waals surface area contributed by atoms with Crippen LogP contribution in [-0.2, 0) is 0 Å². The third-order valence-electron chi connectivity index (χ3n) is 5.48. The fourth-order valence-electron chi connectivity index (χ4n) is 4.06. The van der Waals surface area contributed by atoms with Crippen molar-refractivity contribution in [3.8, 4) is 11.3 Å². The van der Waals surface area contributed by atoms with E-state index in [0.717, 1.165) is 48.8 Å². The zero-order valence-corrected chi connectivity index (χ0v) is 14.6. The minimum absolute atomic E-state index is 0.410. The maximum Gasteiger partial charge on any atom is 0.177 e. The van der Waals surface area contributed by atoms with Crippen LogP contribution in [0, 0.1) is 5.41 Å². The number of hydrogen-bond acceptors (Lipinski definition) is 5. The van der Waals surface area contributed by atoms with Gasteiger partial charge in [-0.3, -0.25) is 5.10 Å². The standard InChI is InChI=1S/C18H19ClN6/c19-13-4-2-1-3-12(13)15-16-17(24-23-15)22-14(9-21-16)25-8-6-18(11-25)5-7-20-10-18/h1-4,9,20H,5-8,10-11H2,(H,22,23,24). The first-order valence-corrected chi connectivity index (χ1v) is 9.04. The van der Waals surface area contributed by atoms with E-state index in [2.05, 4.69) is 25.4 Å². The van der Waals surface area contributed by atoms with Gasteiger partial charge < -0.3 is 10.2 Å². The zero-order chi connectivity index (χ0) is 16.9. The van der Waals surface area contributed by atoms with E-state index in [1.807, 2.05) is 30.5 Å². The van der Waals surface area contributed by atoms with Gasteiger partial charge in [0.05, 0.1) is 11.2 Å². The van der Waals surface area contributed by atoms with Gasteiger partial charge in [0.15, 0.2) is 5.65 Å². The van der Waals surface area contributed by atoms with Crippen molar-refractivity contribution in [3.63, 3.8) is 0 Å². The molecule has 0 bridgehead atoms. The van der Waals surface area contributed by atoms with Crippen LogP contribution in [-0.4, -0.2) is 46.3 Å². The fourth-order valence-corrected chi connectivity index (χ4v) is 4.29. The smallest absolute Gasteiger partial charge is 0.177 e. The van der Waals surface area contributed by atoms with Crippen molar-refractivity contribution in [2.45, 2.75) is 12.8 Å². The first-order chi connectivity index (χ1) is 12.2. The van der Waals surface area contributed by atoms with Crippen LogP contribution in [0.2, 0.25) is 5.02 Å². The Balaban J connectivity index is 1.49. The van der Waals surface area contributed by atoms with Gasteiger partial charge in [0, 0.05) is 30.6 Å². The Morgan fingerprint density at radius 2 is 2.12 bits per heavy atom. The fraction of sp³-hybridized carbons (Fsp3) is 0.389. The molecule has 25 heavy (non-hydrogen) atoms. The molecule has 1 aromatic carbocycles. The lowest BCUT2D eigenvalue weighted by Gasteiger charge is -2.23. The number of benzene rings is 1. The van der Waals surface area contributed by atoms with Crippen molar-refractivity contribution in [3.05, 3.63) is 35.5 Å². The van der Waals surface area contributed by atoms with Gasteiger partial charge in [-0.25, -0.2) is 9.97 Å². The SMILES string of the molecule is Clc1ccccc1-c1n[nH]c2nc(N3CCC4(CCNC4)C3)cnc12. The molecule has 0 aliphatic carbocycles. The molecule has 0 amide bonds. The highest BCUT2D eigenvalue weighted by atomic mass is 35.5. The summed E-state index contributed by atoms with van der Waals surface area (Å²) in [6, 6.07) is 7.66. The summed E-state index contributed by atoms with van der Waals surface area (Å²) in [5, 5.41) is 11.6. The maximum atomic E-state index is 6.30. The van der Waals surface area contributed by atoms with Gasteiger partial charge in [0.2, 0.25) is 0 Å². The molecule has 2 fully saturated rings. The molecule has 128 valence electrons. The summed E-state index contributed by atoms with van der Waals surface area (Å²) < 4.78 is 0. The Bertz CT molecular complexity index is 930. The predicted octanol–water partition coefficient (Wildman–Crippen LogP) is 2.86. The molecule has 2 aliphatic rings. The number of aromatic amines is 1. The van der Waals surface area contributed by atoms with E-state index in [-0.39, 0.29) is 0 Å². The Kier molecular flexibility index (Phi) is 3.43. The van der Waals surface area contributed by atoms with Crippen molar-refractivity contribution in [1.82, 2.24) is 25.5 Å². The summed E-state index contributed by atoms with van der Waals surface area (Å²) >= 11 is 6.30. The summed E-state index contributed by atoms with van der Waals surface area (Å²) in [7, 11) is 0. The molecule has 3 aromatic rings. The molecule has 2 saturated heterocycles. The van der Waals surface area contributed by atoms with Crippen molar-refractivity contribution in [2.24, 2.45) is 5.41 Å². The highest BCUT2D eigenvalue weighted by Gasteiger charge is 2.40. The Morgan fingerprint density at radius 3 is 2.96 bits per heavy atom. The van der Waals surface area contributed by atoms with Crippen molar-refractivity contribution >= 4 is 28.6 Å². The normalized spacial score (nSPS) is 23.2. The molecule has 1 atom stereocenters. The van der Waals surface area contributed by atoms with E-state index in [1.165, 1.54) is 12.8 Å². The highest BCUT2D eigenvalue weighted by molar-refractivity contribution is 6.33. The van der Waals surface area contributed by atoms with Crippen LogP contribution in [0.5, 0.6) is 0 Å². The van der Waals surface area contributed by atoms with Crippen molar-refractivity contribution in [1.29, 1.82) is 0 Å². The van der Waals surface area contributed by atoms with Gasteiger partial charge in [0.25, 0.3) is 0 Å². The minimum atomic E-state index is 0.410. The molecule has 2 aliphatic heterocycles. The van der Waals surface area contributed by atoms with Crippen LogP contribution in [0.3, 0.4) is 0 Å². The topological polar surface area (TPSA) is 69.7 Å². The molecule has 1 spiro atoms. The van der Waals surface area contributed by atoms with Gasteiger partial charge in [-0.15, -0.1) is 0 Å². The molecule has 4 heterocycles. The van der Waals surface area contributed by atoms with Crippen LogP contribution < -0.4 is 10.2 Å². The maximum absolute atomic E-state index is 6.30. The van der Waals surface area contributed by atoms with Crippen molar-refractivity contribution in [2.75, 3.05) is 31.1 Å². The first-order valence-electron chi connectivity index (χ1n) is 8.66. The predicted molar refractivity (Wildman–Crippen MR) is 98.9 cm³/mol. The third-order valence-corrected chi connectivity index (χ3v) is 5.81. The van der Waals surface area contributed by atoms with E-state index in [1.54, 1.807) is 0 Å². The lowest BCUT2D eigenvalue weighted by atomic mass is 9.87. The van der Waals surface area contributed by atoms with E-state index in [4.69, 9.17) is 16.6 Å². The molecule has 5 rings (SSSR count). The minimum Gasteiger partial charge on any atom is -0.355 e. The molecule has 2 N–H and O–H groups in total. The quantitative estimate of drug-likeness (QED) is 0.740. The summed E-state index contributed by atoms with van der Waals surface area (Å²) in [4.78, 5) is 11.8. The van der Waals surface area contributed by atoms with Crippen LogP contribution in [0.4, 0.5) is 5.82 Å². The second-order valence-corrected chi connectivity index (χ2v) is 7.48. The Morgan fingerprint density at radius 1 is 1.20 bits per heavy atom. The second kappa shape index (κ2) is 5.68. The molecule has 2 aromatic heterocycles. The number of halogens is 1. The second-order valence-electron chi connectivity index (χ2n) is 7.08. The number of anilines is 1. The summed E-state index contributed by atoms with van der Waals surface area (Å²) in [5.41, 5.74) is 3.49. The van der Waals surface area contributed by atoms with E-state index in [9.17, 15) is 0 Å². The third kappa shape index (κ3) is 2.48. The summed E-state index contributed by atoms with van der Waals surface area (Å²) in [6.07, 6.45) is 4.33. The van der Waals surface area contributed by atoms with Gasteiger partial charge in [-0.05, 0) is 25.5 Å². The molecular weight excluding hydrogens is 336 g/mol. The lowest BCUT2D eigenvalue weighted by Crippen LogP contribution is -2.29. The van der Waals surface area contributed by atoms with E-state index >= 15 is 0 Å². The zero-order valence-electron chi connectivity index (χ0n) is 13.8. The first kappa shape index (κ1) is 15.1. The van der Waals surface area contributed by atoms with Crippen LogP contribution in [0.15, 0.2) is 30.5 Å². The number of fused-ring (bicyclic) bond motifs is 1. The van der Waals surface area contributed by atoms with Crippen LogP contribution >= 0.6 is 11.6 Å². The number of nitrogens with one attached hydrogen (secondary N) is 2. The molecule has 0 radical (unpaired) electrons. The number of aromatic nitrogens is 4. The van der Waals surface area contributed by atoms with E-state index in [0.29, 0.717) is 16.1 Å². The van der Waals surface area contributed by atoms with Crippen LogP contribution in [0.1, 0.15) is 12.8 Å². The monoisotopic (exact) mass is 354 g/mol. The number of H-pyrrole nitrogens is 1. The Labute approximate surface area is 150 Å². The largest absolute Gasteiger partial charge is 0.355 e.